The van der Waals surface area contributed by atoms with Gasteiger partial charge in [0.05, 0.1) is 13.2 Å². The Balaban J connectivity index is 1.59. The summed E-state index contributed by atoms with van der Waals surface area (Å²) >= 11 is 6.02. The van der Waals surface area contributed by atoms with Crippen LogP contribution in [-0.2, 0) is 19.6 Å². The Bertz CT molecular complexity index is 850. The van der Waals surface area contributed by atoms with Crippen LogP contribution in [0.1, 0.15) is 32.1 Å². The molecule has 1 aliphatic carbocycles. The second kappa shape index (κ2) is 10.4. The van der Waals surface area contributed by atoms with Crippen LogP contribution < -0.4 is 10.1 Å². The zero-order valence-electron chi connectivity index (χ0n) is 16.4. The number of sulfonamides is 1. The van der Waals surface area contributed by atoms with Crippen LogP contribution in [0.2, 0.25) is 5.02 Å². The largest absolute Gasteiger partial charge is 0.482 e. The number of nitrogens with zero attached hydrogens (tertiary/aromatic N) is 1. The summed E-state index contributed by atoms with van der Waals surface area (Å²) in [5, 5.41) is 3.11. The molecule has 0 radical (unpaired) electrons. The second-order valence-corrected chi connectivity index (χ2v) is 9.45. The van der Waals surface area contributed by atoms with E-state index in [0.717, 1.165) is 19.3 Å². The fourth-order valence-electron chi connectivity index (χ4n) is 3.42. The highest BCUT2D eigenvalue weighted by Crippen LogP contribution is 2.30. The number of rotatable bonds is 8. The van der Waals surface area contributed by atoms with Crippen molar-refractivity contribution in [3.05, 3.63) is 34.9 Å². The van der Waals surface area contributed by atoms with E-state index in [0.29, 0.717) is 19.8 Å². The predicted octanol–water partition coefficient (Wildman–Crippen LogP) is 2.75. The molecule has 1 amide bonds. The van der Waals surface area contributed by atoms with E-state index in [2.05, 4.69) is 11.4 Å². The molecule has 1 saturated heterocycles. The number of benzene rings is 1. The van der Waals surface area contributed by atoms with Crippen LogP contribution in [0.25, 0.3) is 0 Å². The maximum atomic E-state index is 13.0. The van der Waals surface area contributed by atoms with Gasteiger partial charge in [0.25, 0.3) is 5.91 Å². The van der Waals surface area contributed by atoms with Crippen LogP contribution in [0.5, 0.6) is 5.75 Å². The monoisotopic (exact) mass is 442 g/mol. The van der Waals surface area contributed by atoms with Crippen LogP contribution in [0.15, 0.2) is 34.7 Å². The SMILES string of the molecule is O=C(COc1ccc(Cl)cc1S(=O)(=O)N1CCOCC1)NCCC1=CCCCC1. The molecule has 1 N–H and O–H groups in total. The maximum absolute atomic E-state index is 13.0. The zero-order valence-corrected chi connectivity index (χ0v) is 17.9. The summed E-state index contributed by atoms with van der Waals surface area (Å²) in [6.45, 7) is 1.51. The van der Waals surface area contributed by atoms with E-state index in [4.69, 9.17) is 21.1 Å². The number of carbonyl (C=O) groups is 1. The van der Waals surface area contributed by atoms with Crippen molar-refractivity contribution >= 4 is 27.5 Å². The molecule has 29 heavy (non-hydrogen) atoms. The van der Waals surface area contributed by atoms with Gasteiger partial charge < -0.3 is 14.8 Å². The molecule has 2 aliphatic rings. The highest BCUT2D eigenvalue weighted by atomic mass is 35.5. The lowest BCUT2D eigenvalue weighted by atomic mass is 9.97. The molecule has 1 aromatic rings. The molecule has 1 heterocycles. The van der Waals surface area contributed by atoms with Crippen LogP contribution in [0.4, 0.5) is 0 Å². The van der Waals surface area contributed by atoms with Crippen LogP contribution in [0.3, 0.4) is 0 Å². The smallest absolute Gasteiger partial charge is 0.257 e. The van der Waals surface area contributed by atoms with Gasteiger partial charge in [-0.3, -0.25) is 4.79 Å². The molecule has 3 rings (SSSR count). The summed E-state index contributed by atoms with van der Waals surface area (Å²) in [5.41, 5.74) is 1.38. The highest BCUT2D eigenvalue weighted by molar-refractivity contribution is 7.89. The Morgan fingerprint density at radius 2 is 2.03 bits per heavy atom. The van der Waals surface area contributed by atoms with Crippen molar-refractivity contribution in [1.82, 2.24) is 9.62 Å². The van der Waals surface area contributed by atoms with Gasteiger partial charge >= 0.3 is 0 Å². The van der Waals surface area contributed by atoms with Gasteiger partial charge in [0.2, 0.25) is 10.0 Å². The third-order valence-electron chi connectivity index (χ3n) is 5.01. The first kappa shape index (κ1) is 22.1. The summed E-state index contributed by atoms with van der Waals surface area (Å²) < 4.78 is 38.1. The summed E-state index contributed by atoms with van der Waals surface area (Å²) in [6.07, 6.45) is 7.75. The molecule has 1 aromatic carbocycles. The van der Waals surface area contributed by atoms with Crippen LogP contribution >= 0.6 is 11.6 Å². The molecule has 1 aliphatic heterocycles. The van der Waals surface area contributed by atoms with E-state index < -0.39 is 10.0 Å². The van der Waals surface area contributed by atoms with E-state index in [1.165, 1.54) is 34.9 Å². The first-order chi connectivity index (χ1) is 14.0. The Morgan fingerprint density at radius 1 is 1.24 bits per heavy atom. The molecule has 7 nitrogen and oxygen atoms in total. The number of morpholine rings is 1. The van der Waals surface area contributed by atoms with Crippen molar-refractivity contribution in [3.8, 4) is 5.75 Å². The zero-order chi connectivity index (χ0) is 20.7. The van der Waals surface area contributed by atoms with E-state index in [1.807, 2.05) is 0 Å². The van der Waals surface area contributed by atoms with Crippen molar-refractivity contribution in [2.24, 2.45) is 0 Å². The molecule has 0 bridgehead atoms. The Hall–Kier alpha value is -1.61. The topological polar surface area (TPSA) is 84.9 Å². The second-order valence-electron chi connectivity index (χ2n) is 7.10. The van der Waals surface area contributed by atoms with Crippen LogP contribution in [-0.4, -0.2) is 58.1 Å². The molecule has 0 unspecified atom stereocenters. The lowest BCUT2D eigenvalue weighted by Crippen LogP contribution is -2.40. The van der Waals surface area contributed by atoms with Crippen molar-refractivity contribution < 1.29 is 22.7 Å². The predicted molar refractivity (Wildman–Crippen MR) is 111 cm³/mol. The fourth-order valence-corrected chi connectivity index (χ4v) is 5.22. The van der Waals surface area contributed by atoms with E-state index in [-0.39, 0.29) is 41.3 Å². The minimum absolute atomic E-state index is 0.0351. The van der Waals surface area contributed by atoms with Crippen LogP contribution in [0, 0.1) is 0 Å². The van der Waals surface area contributed by atoms with Crippen molar-refractivity contribution in [2.75, 3.05) is 39.5 Å². The van der Waals surface area contributed by atoms with Gasteiger partial charge in [0, 0.05) is 24.7 Å². The molecule has 0 saturated carbocycles. The van der Waals surface area contributed by atoms with Crippen molar-refractivity contribution in [1.29, 1.82) is 0 Å². The molecule has 0 aromatic heterocycles. The molecular formula is C20H27ClN2O5S. The van der Waals surface area contributed by atoms with Gasteiger partial charge in [0.15, 0.2) is 6.61 Å². The first-order valence-corrected chi connectivity index (χ1v) is 11.7. The average Bonchev–Trinajstić information content (AvgIpc) is 2.74. The van der Waals surface area contributed by atoms with Gasteiger partial charge in [-0.15, -0.1) is 0 Å². The fraction of sp³-hybridized carbons (Fsp3) is 0.550. The number of ether oxygens (including phenoxy) is 2. The first-order valence-electron chi connectivity index (χ1n) is 9.91. The summed E-state index contributed by atoms with van der Waals surface area (Å²) in [4.78, 5) is 12.1. The number of nitrogens with one attached hydrogen (secondary N) is 1. The molecule has 9 heteroatoms. The standard InChI is InChI=1S/C20H27ClN2O5S/c21-17-6-7-18(19(14-17)29(25,26)23-10-12-27-13-11-23)28-15-20(24)22-9-8-16-4-2-1-3-5-16/h4,6-7,14H,1-3,5,8-13,15H2,(H,22,24). The number of halogens is 1. The van der Waals surface area contributed by atoms with E-state index >= 15 is 0 Å². The van der Waals surface area contributed by atoms with Gasteiger partial charge in [-0.05, 0) is 50.3 Å². The minimum atomic E-state index is -3.79. The number of amides is 1. The Morgan fingerprint density at radius 3 is 2.76 bits per heavy atom. The van der Waals surface area contributed by atoms with E-state index in [1.54, 1.807) is 6.07 Å². The third kappa shape index (κ3) is 6.18. The van der Waals surface area contributed by atoms with Gasteiger partial charge in [-0.25, -0.2) is 8.42 Å². The number of hydrogen-bond donors (Lipinski definition) is 1. The molecule has 160 valence electrons. The molecule has 0 atom stereocenters. The van der Waals surface area contributed by atoms with E-state index in [9.17, 15) is 13.2 Å². The normalized spacial score (nSPS) is 18.2. The summed E-state index contributed by atoms with van der Waals surface area (Å²) in [7, 11) is -3.79. The Kier molecular flexibility index (Phi) is 7.94. The Labute approximate surface area is 177 Å². The highest BCUT2D eigenvalue weighted by Gasteiger charge is 2.29. The average molecular weight is 443 g/mol. The molecule has 1 fully saturated rings. The number of allylic oxidation sites excluding steroid dienone is 1. The van der Waals surface area contributed by atoms with Crippen molar-refractivity contribution in [2.45, 2.75) is 37.0 Å². The summed E-state index contributed by atoms with van der Waals surface area (Å²) in [6, 6.07) is 4.38. The number of carbonyl (C=O) groups excluding carboxylic acids is 1. The summed E-state index contributed by atoms with van der Waals surface area (Å²) in [5.74, 6) is -0.169. The quantitative estimate of drug-likeness (QED) is 0.626. The lowest BCUT2D eigenvalue weighted by molar-refractivity contribution is -0.123. The molecular weight excluding hydrogens is 416 g/mol. The maximum Gasteiger partial charge on any atom is 0.257 e. The van der Waals surface area contributed by atoms with Gasteiger partial charge in [-0.2, -0.15) is 4.31 Å². The number of hydrogen-bond acceptors (Lipinski definition) is 5. The molecule has 0 spiro atoms. The van der Waals surface area contributed by atoms with Gasteiger partial charge in [-0.1, -0.05) is 23.3 Å². The minimum Gasteiger partial charge on any atom is -0.482 e. The van der Waals surface area contributed by atoms with Gasteiger partial charge in [0.1, 0.15) is 10.6 Å². The van der Waals surface area contributed by atoms with Crippen molar-refractivity contribution in [3.63, 3.8) is 0 Å². The lowest BCUT2D eigenvalue weighted by Gasteiger charge is -2.26. The third-order valence-corrected chi connectivity index (χ3v) is 7.16.